The summed E-state index contributed by atoms with van der Waals surface area (Å²) >= 11 is 1.68. The molecule has 1 amide bonds. The summed E-state index contributed by atoms with van der Waals surface area (Å²) in [6.45, 7) is 6.30. The molecule has 0 aromatic carbocycles. The van der Waals surface area contributed by atoms with E-state index in [0.717, 1.165) is 36.6 Å². The molecule has 1 N–H and O–H groups in total. The molecule has 2 heterocycles. The fourth-order valence-electron chi connectivity index (χ4n) is 2.14. The predicted molar refractivity (Wildman–Crippen MR) is 82.7 cm³/mol. The number of aromatic nitrogens is 1. The first-order chi connectivity index (χ1) is 10.1. The Morgan fingerprint density at radius 3 is 3.14 bits per heavy atom. The summed E-state index contributed by atoms with van der Waals surface area (Å²) in [5.74, 6) is 0.386. The summed E-state index contributed by atoms with van der Waals surface area (Å²) in [6.07, 6.45) is 3.05. The minimum atomic E-state index is -0.0766. The molecular formula is C15H24N2O3S. The molecule has 2 rings (SSSR count). The van der Waals surface area contributed by atoms with Crippen LogP contribution in [0.4, 0.5) is 0 Å². The fourth-order valence-corrected chi connectivity index (χ4v) is 3.01. The Kier molecular flexibility index (Phi) is 6.60. The number of thiazole rings is 1. The topological polar surface area (TPSA) is 60.5 Å². The monoisotopic (exact) mass is 312 g/mol. The van der Waals surface area contributed by atoms with Crippen LogP contribution in [0.25, 0.3) is 0 Å². The standard InChI is InChI=1S/C15H24N2O3S/c1-11(2)15-17-12(10-21-15)5-6-16-14(18)9-19-8-13-4-3-7-20-13/h10-11,13H,3-9H2,1-2H3,(H,16,18)/t13-/m0/s1. The van der Waals surface area contributed by atoms with E-state index >= 15 is 0 Å². The number of ether oxygens (including phenoxy) is 2. The highest BCUT2D eigenvalue weighted by Crippen LogP contribution is 2.19. The SMILES string of the molecule is CC(C)c1nc(CCNC(=O)COC[C@@H]2CCCO2)cs1. The smallest absolute Gasteiger partial charge is 0.246 e. The van der Waals surface area contributed by atoms with Gasteiger partial charge in [0, 0.05) is 30.9 Å². The lowest BCUT2D eigenvalue weighted by atomic mass is 10.2. The van der Waals surface area contributed by atoms with E-state index in [1.807, 2.05) is 0 Å². The summed E-state index contributed by atoms with van der Waals surface area (Å²) in [5.41, 5.74) is 1.05. The second kappa shape index (κ2) is 8.46. The van der Waals surface area contributed by atoms with E-state index in [2.05, 4.69) is 29.5 Å². The minimum absolute atomic E-state index is 0.0766. The van der Waals surface area contributed by atoms with Crippen molar-refractivity contribution in [1.82, 2.24) is 10.3 Å². The molecule has 0 unspecified atom stereocenters. The van der Waals surface area contributed by atoms with Crippen LogP contribution < -0.4 is 5.32 Å². The Morgan fingerprint density at radius 2 is 2.48 bits per heavy atom. The molecule has 1 atom stereocenters. The second-order valence-corrected chi connectivity index (χ2v) is 6.47. The second-order valence-electron chi connectivity index (χ2n) is 5.58. The van der Waals surface area contributed by atoms with Crippen molar-refractivity contribution in [1.29, 1.82) is 0 Å². The van der Waals surface area contributed by atoms with Gasteiger partial charge in [0.05, 0.1) is 23.4 Å². The van der Waals surface area contributed by atoms with E-state index in [4.69, 9.17) is 9.47 Å². The van der Waals surface area contributed by atoms with Gasteiger partial charge in [0.2, 0.25) is 5.91 Å². The van der Waals surface area contributed by atoms with E-state index in [1.165, 1.54) is 0 Å². The quantitative estimate of drug-likeness (QED) is 0.799. The van der Waals surface area contributed by atoms with Crippen molar-refractivity contribution < 1.29 is 14.3 Å². The number of hydrogen-bond donors (Lipinski definition) is 1. The highest BCUT2D eigenvalue weighted by atomic mass is 32.1. The lowest BCUT2D eigenvalue weighted by Crippen LogP contribution is -2.30. The Balaban J connectivity index is 1.55. The zero-order chi connectivity index (χ0) is 15.1. The molecule has 1 aromatic heterocycles. The van der Waals surface area contributed by atoms with Crippen molar-refractivity contribution in [2.24, 2.45) is 0 Å². The van der Waals surface area contributed by atoms with Crippen molar-refractivity contribution in [2.75, 3.05) is 26.4 Å². The first kappa shape index (κ1) is 16.4. The highest BCUT2D eigenvalue weighted by molar-refractivity contribution is 7.09. The molecule has 0 bridgehead atoms. The van der Waals surface area contributed by atoms with Crippen molar-refractivity contribution in [2.45, 2.75) is 45.1 Å². The average molecular weight is 312 g/mol. The van der Waals surface area contributed by atoms with Crippen molar-refractivity contribution in [3.05, 3.63) is 16.1 Å². The van der Waals surface area contributed by atoms with E-state index in [1.54, 1.807) is 11.3 Å². The summed E-state index contributed by atoms with van der Waals surface area (Å²) in [7, 11) is 0. The van der Waals surface area contributed by atoms with Gasteiger partial charge >= 0.3 is 0 Å². The maximum absolute atomic E-state index is 11.6. The normalized spacial score (nSPS) is 18.3. The van der Waals surface area contributed by atoms with Gasteiger partial charge in [0.15, 0.2) is 0 Å². The van der Waals surface area contributed by atoms with Crippen LogP contribution in [0, 0.1) is 0 Å². The molecule has 0 radical (unpaired) electrons. The molecule has 1 aliphatic heterocycles. The molecule has 1 saturated heterocycles. The Morgan fingerprint density at radius 1 is 1.62 bits per heavy atom. The van der Waals surface area contributed by atoms with Crippen LogP contribution in [0.2, 0.25) is 0 Å². The summed E-state index contributed by atoms with van der Waals surface area (Å²) in [5, 5.41) is 6.07. The number of carbonyl (C=O) groups excluding carboxylic acids is 1. The molecule has 1 aliphatic rings. The van der Waals surface area contributed by atoms with Crippen LogP contribution in [0.5, 0.6) is 0 Å². The molecule has 118 valence electrons. The third kappa shape index (κ3) is 5.73. The summed E-state index contributed by atoms with van der Waals surface area (Å²) < 4.78 is 10.8. The zero-order valence-corrected chi connectivity index (χ0v) is 13.6. The molecule has 21 heavy (non-hydrogen) atoms. The lowest BCUT2D eigenvalue weighted by molar-refractivity contribution is -0.126. The van der Waals surface area contributed by atoms with E-state index in [-0.39, 0.29) is 18.6 Å². The molecule has 1 fully saturated rings. The maximum atomic E-state index is 11.6. The van der Waals surface area contributed by atoms with Gasteiger partial charge in [-0.25, -0.2) is 4.98 Å². The lowest BCUT2D eigenvalue weighted by Gasteiger charge is -2.10. The van der Waals surface area contributed by atoms with Gasteiger partial charge in [-0.2, -0.15) is 0 Å². The van der Waals surface area contributed by atoms with Gasteiger partial charge in [-0.15, -0.1) is 11.3 Å². The molecule has 6 heteroatoms. The van der Waals surface area contributed by atoms with Gasteiger partial charge in [-0.05, 0) is 12.8 Å². The molecule has 0 spiro atoms. The van der Waals surface area contributed by atoms with E-state index in [0.29, 0.717) is 19.1 Å². The summed E-state index contributed by atoms with van der Waals surface area (Å²) in [4.78, 5) is 16.2. The van der Waals surface area contributed by atoms with Crippen molar-refractivity contribution in [3.63, 3.8) is 0 Å². The third-order valence-corrected chi connectivity index (χ3v) is 4.52. The van der Waals surface area contributed by atoms with Crippen LogP contribution in [0.3, 0.4) is 0 Å². The maximum Gasteiger partial charge on any atom is 0.246 e. The first-order valence-electron chi connectivity index (χ1n) is 7.55. The Hall–Kier alpha value is -0.980. The molecule has 1 aromatic rings. The van der Waals surface area contributed by atoms with Crippen molar-refractivity contribution in [3.8, 4) is 0 Å². The van der Waals surface area contributed by atoms with Crippen LogP contribution >= 0.6 is 11.3 Å². The van der Waals surface area contributed by atoms with E-state index < -0.39 is 0 Å². The number of nitrogens with zero attached hydrogens (tertiary/aromatic N) is 1. The molecule has 0 aliphatic carbocycles. The minimum Gasteiger partial charge on any atom is -0.376 e. The van der Waals surface area contributed by atoms with Gasteiger partial charge in [0.25, 0.3) is 0 Å². The van der Waals surface area contributed by atoms with Gasteiger partial charge < -0.3 is 14.8 Å². The van der Waals surface area contributed by atoms with Crippen LogP contribution in [-0.4, -0.2) is 43.4 Å². The van der Waals surface area contributed by atoms with Crippen molar-refractivity contribution >= 4 is 17.2 Å². The number of carbonyl (C=O) groups is 1. The largest absolute Gasteiger partial charge is 0.376 e. The molecule has 5 nitrogen and oxygen atoms in total. The fraction of sp³-hybridized carbons (Fsp3) is 0.733. The van der Waals surface area contributed by atoms with Crippen LogP contribution in [-0.2, 0) is 20.7 Å². The van der Waals surface area contributed by atoms with Crippen LogP contribution in [0.15, 0.2) is 5.38 Å². The number of rotatable bonds is 8. The summed E-state index contributed by atoms with van der Waals surface area (Å²) in [6, 6.07) is 0. The molecule has 0 saturated carbocycles. The van der Waals surface area contributed by atoms with Gasteiger partial charge in [-0.3, -0.25) is 4.79 Å². The number of nitrogens with one attached hydrogen (secondary N) is 1. The van der Waals surface area contributed by atoms with Crippen LogP contribution in [0.1, 0.15) is 43.3 Å². The molecular weight excluding hydrogens is 288 g/mol. The number of hydrogen-bond acceptors (Lipinski definition) is 5. The first-order valence-corrected chi connectivity index (χ1v) is 8.43. The predicted octanol–water partition coefficient (Wildman–Crippen LogP) is 2.12. The van der Waals surface area contributed by atoms with E-state index in [9.17, 15) is 4.79 Å². The zero-order valence-electron chi connectivity index (χ0n) is 12.8. The highest BCUT2D eigenvalue weighted by Gasteiger charge is 2.15. The Bertz CT molecular complexity index is 442. The van der Waals surface area contributed by atoms with Gasteiger partial charge in [0.1, 0.15) is 6.61 Å². The number of amides is 1. The van der Waals surface area contributed by atoms with Gasteiger partial charge in [-0.1, -0.05) is 13.8 Å². The Labute approximate surface area is 130 Å². The average Bonchev–Trinajstić information content (AvgIpc) is 3.09. The third-order valence-electron chi connectivity index (χ3n) is 3.33.